The van der Waals surface area contributed by atoms with E-state index in [1.165, 1.54) is 171 Å². The molecule has 4 heterocycles. The highest BCUT2D eigenvalue weighted by molar-refractivity contribution is 7.02. The number of hydrogen-bond donors (Lipinski definition) is 0. The number of hydrogen-bond acceptors (Lipinski definition) is 0. The van der Waals surface area contributed by atoms with Gasteiger partial charge in [0.05, 0.1) is 16.6 Å². The number of fused-ring (bicyclic) bond motifs is 15. The Hall–Kier alpha value is -6.06. The van der Waals surface area contributed by atoms with Crippen molar-refractivity contribution in [1.82, 2.24) is 8.97 Å². The lowest BCUT2D eigenvalue weighted by Crippen LogP contribution is -2.59. The Labute approximate surface area is 371 Å². The Morgan fingerprint density at radius 1 is 0.413 bits per heavy atom. The molecule has 2 aliphatic heterocycles. The van der Waals surface area contributed by atoms with Crippen LogP contribution in [0.1, 0.15) is 97.2 Å². The smallest absolute Gasteiger partial charge is 0.251 e. The van der Waals surface area contributed by atoms with Crippen molar-refractivity contribution in [2.24, 2.45) is 0 Å². The summed E-state index contributed by atoms with van der Waals surface area (Å²) in [4.78, 5) is 0. The highest BCUT2D eigenvalue weighted by atomic mass is 15.1. The van der Waals surface area contributed by atoms with Crippen molar-refractivity contribution >= 4 is 83.0 Å². The zero-order valence-electron chi connectivity index (χ0n) is 39.5. The summed E-state index contributed by atoms with van der Waals surface area (Å²) in [7, 11) is 0. The Bertz CT molecular complexity index is 3860. The molecule has 0 saturated carbocycles. The van der Waals surface area contributed by atoms with Crippen molar-refractivity contribution in [3.63, 3.8) is 0 Å². The van der Waals surface area contributed by atoms with E-state index in [9.17, 15) is 0 Å². The number of benzene rings is 8. The Morgan fingerprint density at radius 3 is 1.46 bits per heavy atom. The second-order valence-electron chi connectivity index (χ2n) is 21.9. The minimum Gasteiger partial charge on any atom is -0.295 e. The van der Waals surface area contributed by atoms with E-state index in [0.29, 0.717) is 0 Å². The molecule has 10 aromatic rings. The predicted molar refractivity (Wildman–Crippen MR) is 274 cm³/mol. The molecule has 8 aromatic carbocycles. The summed E-state index contributed by atoms with van der Waals surface area (Å²) in [6, 6.07) is 32.0. The van der Waals surface area contributed by atoms with Gasteiger partial charge in [-0.15, -0.1) is 0 Å². The fourth-order valence-corrected chi connectivity index (χ4v) is 13.0. The molecule has 0 unspecified atom stereocenters. The molecule has 3 heteroatoms. The quantitative estimate of drug-likeness (QED) is 0.135. The van der Waals surface area contributed by atoms with Gasteiger partial charge in [-0.05, 0) is 228 Å². The van der Waals surface area contributed by atoms with Crippen molar-refractivity contribution in [1.29, 1.82) is 0 Å². The molecule has 13 rings (SSSR count). The van der Waals surface area contributed by atoms with Gasteiger partial charge in [0.25, 0.3) is 6.71 Å². The van der Waals surface area contributed by atoms with Crippen molar-refractivity contribution in [3.8, 4) is 39.1 Å². The average Bonchev–Trinajstić information content (AvgIpc) is 3.89. The maximum atomic E-state index is 2.76. The Morgan fingerprint density at radius 2 is 0.905 bits per heavy atom. The van der Waals surface area contributed by atoms with E-state index in [1.54, 1.807) is 0 Å². The molecule has 2 aromatic heterocycles. The molecule has 0 saturated heterocycles. The minimum atomic E-state index is -0.130. The van der Waals surface area contributed by atoms with E-state index >= 15 is 0 Å². The predicted octanol–water partition coefficient (Wildman–Crippen LogP) is 14.0. The first-order chi connectivity index (χ1) is 29.9. The summed E-state index contributed by atoms with van der Waals surface area (Å²) in [5, 5.41) is 9.71. The molecule has 0 fully saturated rings. The van der Waals surface area contributed by atoms with E-state index in [2.05, 4.69) is 185 Å². The number of nitrogens with zero attached hydrogens (tertiary/aromatic N) is 2. The SMILES string of the molecule is Cc1c(C)c(C)c2cc3c(cc2c1C)c1c2n(c4cc5c(C)c(C)c(C)c(C)c5cc4n32)-c2c(C(C)(C)C)cc(C(C)(C)C)c3c2B1c1ccc2c4c(ccc-3c14)-c1ccccc1-2. The fraction of sp³-hybridized carbons (Fsp3) is 0.267. The molecule has 0 atom stereocenters. The molecular formula is C60H55BN2. The summed E-state index contributed by atoms with van der Waals surface area (Å²) >= 11 is 0. The molecule has 0 amide bonds. The molecule has 2 nitrogen and oxygen atoms in total. The largest absolute Gasteiger partial charge is 0.295 e. The number of aryl methyl sites for hydroxylation is 4. The van der Waals surface area contributed by atoms with Gasteiger partial charge in [0.1, 0.15) is 5.65 Å². The monoisotopic (exact) mass is 814 g/mol. The van der Waals surface area contributed by atoms with Crippen LogP contribution in [-0.4, -0.2) is 15.7 Å². The normalized spacial score (nSPS) is 13.8. The van der Waals surface area contributed by atoms with E-state index in [4.69, 9.17) is 0 Å². The van der Waals surface area contributed by atoms with E-state index in [-0.39, 0.29) is 17.5 Å². The summed E-state index contributed by atoms with van der Waals surface area (Å²) in [5.41, 5.74) is 33.1. The van der Waals surface area contributed by atoms with Gasteiger partial charge in [-0.2, -0.15) is 0 Å². The van der Waals surface area contributed by atoms with E-state index in [1.807, 2.05) is 0 Å². The first-order valence-corrected chi connectivity index (χ1v) is 23.2. The topological polar surface area (TPSA) is 9.34 Å². The third kappa shape index (κ3) is 4.28. The van der Waals surface area contributed by atoms with Gasteiger partial charge in [-0.3, -0.25) is 8.97 Å². The molecular weight excluding hydrogens is 759 g/mol. The molecule has 0 bridgehead atoms. The maximum absolute atomic E-state index is 2.76. The fourth-order valence-electron chi connectivity index (χ4n) is 13.0. The van der Waals surface area contributed by atoms with Crippen LogP contribution in [0.15, 0.2) is 78.9 Å². The first-order valence-electron chi connectivity index (χ1n) is 23.2. The molecule has 0 N–H and O–H groups in total. The van der Waals surface area contributed by atoms with Crippen LogP contribution in [0.25, 0.3) is 99.0 Å². The highest BCUT2D eigenvalue weighted by Crippen LogP contribution is 2.53. The van der Waals surface area contributed by atoms with Crippen LogP contribution in [0.4, 0.5) is 0 Å². The van der Waals surface area contributed by atoms with Crippen molar-refractivity contribution in [2.45, 2.75) is 108 Å². The van der Waals surface area contributed by atoms with Crippen molar-refractivity contribution in [2.75, 3.05) is 0 Å². The lowest BCUT2D eigenvalue weighted by Gasteiger charge is -2.40. The van der Waals surface area contributed by atoms with Crippen molar-refractivity contribution in [3.05, 3.63) is 134 Å². The second-order valence-corrected chi connectivity index (χ2v) is 21.9. The van der Waals surface area contributed by atoms with Crippen LogP contribution in [0, 0.1) is 55.4 Å². The Balaban J connectivity index is 1.34. The zero-order chi connectivity index (χ0) is 43.8. The Kier molecular flexibility index (Phi) is 6.87. The third-order valence-electron chi connectivity index (χ3n) is 17.0. The molecule has 63 heavy (non-hydrogen) atoms. The zero-order valence-corrected chi connectivity index (χ0v) is 39.5. The van der Waals surface area contributed by atoms with Crippen LogP contribution in [0.5, 0.6) is 0 Å². The van der Waals surface area contributed by atoms with Crippen LogP contribution < -0.4 is 16.4 Å². The summed E-state index contributed by atoms with van der Waals surface area (Å²) in [6.07, 6.45) is 0. The van der Waals surface area contributed by atoms with Crippen LogP contribution in [-0.2, 0) is 10.8 Å². The summed E-state index contributed by atoms with van der Waals surface area (Å²) < 4.78 is 5.46. The van der Waals surface area contributed by atoms with Gasteiger partial charge in [0.15, 0.2) is 0 Å². The van der Waals surface area contributed by atoms with Crippen LogP contribution >= 0.6 is 0 Å². The molecule has 3 aliphatic rings. The standard InChI is InChI=1S/C60H55BN2/c1-28-29(2)33(6)42-24-49-45(23-41(42)32(28)5)55-58-62(49)50-25-43-34(7)30(3)31(4)35(8)44(43)26-51(50)63(58)57-47(60(12,13)14)27-46(59(9,10)11)53-40-20-19-38-36-17-15-16-18-37(36)39-21-22-48(54(40)52(38)39)61(55)56(53)57/h15-27H,1-14H3. The highest BCUT2D eigenvalue weighted by Gasteiger charge is 2.47. The van der Waals surface area contributed by atoms with Gasteiger partial charge >= 0.3 is 0 Å². The molecule has 0 spiro atoms. The number of rotatable bonds is 0. The van der Waals surface area contributed by atoms with Gasteiger partial charge in [0, 0.05) is 5.69 Å². The number of imidazole rings is 1. The molecule has 308 valence electrons. The average molecular weight is 815 g/mol. The summed E-state index contributed by atoms with van der Waals surface area (Å²) in [6.45, 7) is 33.3. The van der Waals surface area contributed by atoms with E-state index in [0.717, 1.165) is 0 Å². The third-order valence-corrected chi connectivity index (χ3v) is 17.0. The van der Waals surface area contributed by atoms with Gasteiger partial charge < -0.3 is 0 Å². The van der Waals surface area contributed by atoms with Gasteiger partial charge in [-0.25, -0.2) is 0 Å². The van der Waals surface area contributed by atoms with Crippen LogP contribution in [0.3, 0.4) is 0 Å². The summed E-state index contributed by atoms with van der Waals surface area (Å²) in [5.74, 6) is 0. The minimum absolute atomic E-state index is 0.0380. The van der Waals surface area contributed by atoms with Crippen LogP contribution in [0.2, 0.25) is 0 Å². The second kappa shape index (κ2) is 11.5. The lowest BCUT2D eigenvalue weighted by atomic mass is 9.32. The lowest BCUT2D eigenvalue weighted by molar-refractivity contribution is 0.569. The maximum Gasteiger partial charge on any atom is 0.251 e. The number of aromatic nitrogens is 2. The first kappa shape index (κ1) is 37.5. The van der Waals surface area contributed by atoms with Gasteiger partial charge in [-0.1, -0.05) is 102 Å². The molecule has 1 aliphatic carbocycles. The van der Waals surface area contributed by atoms with Gasteiger partial charge in [0.2, 0.25) is 0 Å². The molecule has 0 radical (unpaired) electrons. The van der Waals surface area contributed by atoms with E-state index < -0.39 is 0 Å². The van der Waals surface area contributed by atoms with Crippen molar-refractivity contribution < 1.29 is 0 Å².